The molecule has 22 heavy (non-hydrogen) atoms. The lowest BCUT2D eigenvalue weighted by molar-refractivity contribution is -0.122. The van der Waals surface area contributed by atoms with Crippen LogP contribution in [0.3, 0.4) is 0 Å². The average molecular weight is 301 g/mol. The lowest BCUT2D eigenvalue weighted by atomic mass is 10.0. The summed E-state index contributed by atoms with van der Waals surface area (Å²) >= 11 is 0. The molecule has 0 saturated carbocycles. The van der Waals surface area contributed by atoms with E-state index < -0.39 is 0 Å². The molecule has 118 valence electrons. The Morgan fingerprint density at radius 1 is 1.09 bits per heavy atom. The summed E-state index contributed by atoms with van der Waals surface area (Å²) in [5.41, 5.74) is 1.10. The van der Waals surface area contributed by atoms with Gasteiger partial charge < -0.3 is 14.8 Å². The molecule has 1 amide bonds. The third-order valence-corrected chi connectivity index (χ3v) is 3.56. The second-order valence-corrected chi connectivity index (χ2v) is 5.25. The summed E-state index contributed by atoms with van der Waals surface area (Å²) in [6.07, 6.45) is 0.363. The summed E-state index contributed by atoms with van der Waals surface area (Å²) in [7, 11) is 1.63. The fraction of sp³-hybridized carbons (Fsp3) is 0.389. The van der Waals surface area contributed by atoms with Crippen molar-refractivity contribution in [3.8, 4) is 0 Å². The number of hydrogen-bond acceptors (Lipinski definition) is 3. The van der Waals surface area contributed by atoms with Gasteiger partial charge in [-0.25, -0.2) is 0 Å². The van der Waals surface area contributed by atoms with Gasteiger partial charge >= 0.3 is 0 Å². The number of benzene rings is 2. The summed E-state index contributed by atoms with van der Waals surface area (Å²) in [5, 5.41) is 5.39. The first kappa shape index (κ1) is 16.5. The Balaban J connectivity index is 1.84. The Kier molecular flexibility index (Phi) is 6.37. The molecule has 0 aromatic heterocycles. The SMILES string of the molecule is COCCOCCC(=O)N[C@H](C)c1ccc2ccccc2c1. The molecule has 0 saturated heterocycles. The van der Waals surface area contributed by atoms with Crippen LogP contribution in [0.25, 0.3) is 10.8 Å². The van der Waals surface area contributed by atoms with Crippen molar-refractivity contribution >= 4 is 16.7 Å². The second kappa shape index (κ2) is 8.51. The molecule has 0 fully saturated rings. The number of carbonyl (C=O) groups is 1. The largest absolute Gasteiger partial charge is 0.382 e. The highest BCUT2D eigenvalue weighted by Crippen LogP contribution is 2.20. The maximum atomic E-state index is 11.9. The van der Waals surface area contributed by atoms with Crippen molar-refractivity contribution in [2.24, 2.45) is 0 Å². The Bertz CT molecular complexity index is 612. The number of nitrogens with one attached hydrogen (secondary N) is 1. The van der Waals surface area contributed by atoms with Crippen LogP contribution in [0.5, 0.6) is 0 Å². The lowest BCUT2D eigenvalue weighted by Crippen LogP contribution is -2.27. The standard InChI is InChI=1S/C18H23NO3/c1-14(19-18(20)9-10-22-12-11-21-2)16-8-7-15-5-3-4-6-17(15)13-16/h3-8,13-14H,9-12H2,1-2H3,(H,19,20)/t14-/m1/s1. The lowest BCUT2D eigenvalue weighted by Gasteiger charge is -2.15. The van der Waals surface area contributed by atoms with E-state index >= 15 is 0 Å². The van der Waals surface area contributed by atoms with E-state index in [2.05, 4.69) is 35.6 Å². The monoisotopic (exact) mass is 301 g/mol. The van der Waals surface area contributed by atoms with Crippen molar-refractivity contribution in [1.29, 1.82) is 0 Å². The fourth-order valence-electron chi connectivity index (χ4n) is 2.28. The van der Waals surface area contributed by atoms with E-state index in [1.54, 1.807) is 7.11 Å². The molecule has 2 aromatic rings. The van der Waals surface area contributed by atoms with Gasteiger partial charge in [0, 0.05) is 13.5 Å². The third-order valence-electron chi connectivity index (χ3n) is 3.56. The number of hydrogen-bond donors (Lipinski definition) is 1. The van der Waals surface area contributed by atoms with Crippen molar-refractivity contribution in [3.63, 3.8) is 0 Å². The highest BCUT2D eigenvalue weighted by Gasteiger charge is 2.09. The van der Waals surface area contributed by atoms with Gasteiger partial charge in [0.15, 0.2) is 0 Å². The first-order valence-corrected chi connectivity index (χ1v) is 7.55. The first-order chi connectivity index (χ1) is 10.7. The Labute approximate surface area is 131 Å². The van der Waals surface area contributed by atoms with E-state index in [4.69, 9.17) is 9.47 Å². The molecule has 2 aromatic carbocycles. The second-order valence-electron chi connectivity index (χ2n) is 5.25. The molecule has 0 heterocycles. The number of carbonyl (C=O) groups excluding carboxylic acids is 1. The molecular formula is C18H23NO3. The van der Waals surface area contributed by atoms with Crippen LogP contribution in [0.4, 0.5) is 0 Å². The Morgan fingerprint density at radius 2 is 1.86 bits per heavy atom. The number of rotatable bonds is 8. The van der Waals surface area contributed by atoms with Gasteiger partial charge in [-0.15, -0.1) is 0 Å². The van der Waals surface area contributed by atoms with E-state index in [-0.39, 0.29) is 11.9 Å². The van der Waals surface area contributed by atoms with E-state index in [0.717, 1.165) is 5.56 Å². The summed E-state index contributed by atoms with van der Waals surface area (Å²) < 4.78 is 10.2. The quantitative estimate of drug-likeness (QED) is 0.762. The van der Waals surface area contributed by atoms with Crippen molar-refractivity contribution in [2.45, 2.75) is 19.4 Å². The zero-order valence-corrected chi connectivity index (χ0v) is 13.2. The highest BCUT2D eigenvalue weighted by atomic mass is 16.5. The summed E-state index contributed by atoms with van der Waals surface area (Å²) in [4.78, 5) is 11.9. The minimum Gasteiger partial charge on any atom is -0.382 e. The molecule has 1 atom stereocenters. The minimum atomic E-state index is -0.0175. The van der Waals surface area contributed by atoms with Gasteiger partial charge in [0.1, 0.15) is 0 Å². The van der Waals surface area contributed by atoms with E-state index in [1.165, 1.54) is 10.8 Å². The van der Waals surface area contributed by atoms with Crippen LogP contribution in [0.15, 0.2) is 42.5 Å². The number of ether oxygens (including phenoxy) is 2. The van der Waals surface area contributed by atoms with Crippen molar-refractivity contribution < 1.29 is 14.3 Å². The van der Waals surface area contributed by atoms with Gasteiger partial charge in [0.25, 0.3) is 0 Å². The minimum absolute atomic E-state index is 0.00178. The van der Waals surface area contributed by atoms with Gasteiger partial charge in [-0.2, -0.15) is 0 Å². The molecule has 1 N–H and O–H groups in total. The zero-order valence-electron chi connectivity index (χ0n) is 13.2. The highest BCUT2D eigenvalue weighted by molar-refractivity contribution is 5.83. The molecule has 0 radical (unpaired) electrons. The molecule has 4 heteroatoms. The summed E-state index contributed by atoms with van der Waals surface area (Å²) in [5.74, 6) is -0.00178. The van der Waals surface area contributed by atoms with Gasteiger partial charge in [-0.3, -0.25) is 4.79 Å². The first-order valence-electron chi connectivity index (χ1n) is 7.55. The third kappa shape index (κ3) is 4.83. The molecule has 0 bridgehead atoms. The normalized spacial score (nSPS) is 12.3. The molecule has 0 unspecified atom stereocenters. The van der Waals surface area contributed by atoms with E-state index in [9.17, 15) is 4.79 Å². The van der Waals surface area contributed by atoms with Gasteiger partial charge in [-0.05, 0) is 29.3 Å². The maximum Gasteiger partial charge on any atom is 0.222 e. The molecule has 2 rings (SSSR count). The Morgan fingerprint density at radius 3 is 2.64 bits per heavy atom. The van der Waals surface area contributed by atoms with Crippen LogP contribution in [0, 0.1) is 0 Å². The molecular weight excluding hydrogens is 278 g/mol. The predicted molar refractivity (Wildman–Crippen MR) is 87.8 cm³/mol. The van der Waals surface area contributed by atoms with E-state index in [0.29, 0.717) is 26.2 Å². The van der Waals surface area contributed by atoms with Crippen LogP contribution in [-0.4, -0.2) is 32.8 Å². The van der Waals surface area contributed by atoms with Gasteiger partial charge in [-0.1, -0.05) is 36.4 Å². The number of methoxy groups -OCH3 is 1. The topological polar surface area (TPSA) is 47.6 Å². The summed E-state index contributed by atoms with van der Waals surface area (Å²) in [6.45, 7) is 3.48. The van der Waals surface area contributed by atoms with Crippen LogP contribution in [0.2, 0.25) is 0 Å². The van der Waals surface area contributed by atoms with Crippen LogP contribution in [0.1, 0.15) is 24.9 Å². The van der Waals surface area contributed by atoms with Gasteiger partial charge in [0.05, 0.1) is 25.9 Å². The smallest absolute Gasteiger partial charge is 0.222 e. The van der Waals surface area contributed by atoms with Crippen molar-refractivity contribution in [2.75, 3.05) is 26.9 Å². The van der Waals surface area contributed by atoms with E-state index in [1.807, 2.05) is 19.1 Å². The Hall–Kier alpha value is -1.91. The number of fused-ring (bicyclic) bond motifs is 1. The molecule has 0 aliphatic rings. The molecule has 0 spiro atoms. The maximum absolute atomic E-state index is 11.9. The fourth-order valence-corrected chi connectivity index (χ4v) is 2.28. The number of amides is 1. The zero-order chi connectivity index (χ0) is 15.8. The van der Waals surface area contributed by atoms with Crippen molar-refractivity contribution in [1.82, 2.24) is 5.32 Å². The van der Waals surface area contributed by atoms with Gasteiger partial charge in [0.2, 0.25) is 5.91 Å². The molecule has 0 aliphatic carbocycles. The molecule has 0 aliphatic heterocycles. The molecule has 4 nitrogen and oxygen atoms in total. The van der Waals surface area contributed by atoms with Crippen molar-refractivity contribution in [3.05, 3.63) is 48.0 Å². The van der Waals surface area contributed by atoms with Crippen LogP contribution < -0.4 is 5.32 Å². The average Bonchev–Trinajstić information content (AvgIpc) is 2.54. The predicted octanol–water partition coefficient (Wildman–Crippen LogP) is 3.07. The van der Waals surface area contributed by atoms with Crippen LogP contribution >= 0.6 is 0 Å². The summed E-state index contributed by atoms with van der Waals surface area (Å²) in [6, 6.07) is 14.5. The van der Waals surface area contributed by atoms with Crippen LogP contribution in [-0.2, 0) is 14.3 Å².